The van der Waals surface area contributed by atoms with Crippen molar-refractivity contribution in [2.45, 2.75) is 19.4 Å². The molecule has 1 N–H and O–H groups in total. The van der Waals surface area contributed by atoms with Crippen LogP contribution in [-0.2, 0) is 14.3 Å². The lowest BCUT2D eigenvalue weighted by atomic mass is 10.1. The molecule has 4 nitrogen and oxygen atoms in total. The largest absolute Gasteiger partial charge is 0.455 e. The van der Waals surface area contributed by atoms with Crippen molar-refractivity contribution in [3.8, 4) is 0 Å². The van der Waals surface area contributed by atoms with Gasteiger partial charge in [0.25, 0.3) is 5.91 Å². The minimum atomic E-state index is -0.283. The Hall–Kier alpha value is -2.14. The van der Waals surface area contributed by atoms with Crippen LogP contribution in [-0.4, -0.2) is 18.5 Å². The molecule has 0 aliphatic heterocycles. The average molecular weight is 329 g/mol. The molecule has 1 aliphatic carbocycles. The fraction of sp³-hybridized carbons (Fsp3) is 0.333. The molecule has 1 amide bonds. The van der Waals surface area contributed by atoms with Gasteiger partial charge in [-0.2, -0.15) is 0 Å². The molecule has 1 aromatic carbocycles. The summed E-state index contributed by atoms with van der Waals surface area (Å²) >= 11 is 1.58. The Balaban J connectivity index is 1.62. The minimum Gasteiger partial charge on any atom is -0.455 e. The van der Waals surface area contributed by atoms with Crippen LogP contribution < -0.4 is 5.32 Å². The second-order valence-electron chi connectivity index (χ2n) is 5.85. The number of benzene rings is 1. The zero-order chi connectivity index (χ0) is 16.2. The quantitative estimate of drug-likeness (QED) is 0.828. The summed E-state index contributed by atoms with van der Waals surface area (Å²) in [5.41, 5.74) is 1.01. The fourth-order valence-electron chi connectivity index (χ4n) is 2.52. The van der Waals surface area contributed by atoms with E-state index in [4.69, 9.17) is 4.74 Å². The highest BCUT2D eigenvalue weighted by molar-refractivity contribution is 7.10. The topological polar surface area (TPSA) is 55.4 Å². The van der Waals surface area contributed by atoms with Crippen LogP contribution in [0.15, 0.2) is 47.8 Å². The first kappa shape index (κ1) is 15.7. The van der Waals surface area contributed by atoms with E-state index in [1.165, 1.54) is 0 Å². The summed E-state index contributed by atoms with van der Waals surface area (Å²) in [6.45, 7) is 1.78. The number of carbonyl (C=O) groups is 2. The van der Waals surface area contributed by atoms with Gasteiger partial charge >= 0.3 is 5.97 Å². The summed E-state index contributed by atoms with van der Waals surface area (Å²) < 4.78 is 5.10. The molecule has 120 valence electrons. The van der Waals surface area contributed by atoms with Crippen LogP contribution in [0.2, 0.25) is 0 Å². The zero-order valence-electron chi connectivity index (χ0n) is 12.9. The Bertz CT molecular complexity index is 669. The lowest BCUT2D eigenvalue weighted by Crippen LogP contribution is -2.33. The second kappa shape index (κ2) is 6.96. The third kappa shape index (κ3) is 3.99. The SMILES string of the molecule is C[C@@H]1C[C@H]1C(=O)OCC(=O)N[C@@H](c1ccccc1)c1cccs1. The molecule has 0 saturated heterocycles. The molecule has 2 aromatic rings. The Morgan fingerprint density at radius 2 is 2.00 bits per heavy atom. The third-order valence-corrected chi connectivity index (χ3v) is 4.96. The van der Waals surface area contributed by atoms with E-state index in [2.05, 4.69) is 5.32 Å². The van der Waals surface area contributed by atoms with E-state index < -0.39 is 0 Å². The summed E-state index contributed by atoms with van der Waals surface area (Å²) in [6.07, 6.45) is 0.863. The van der Waals surface area contributed by atoms with Crippen molar-refractivity contribution in [2.75, 3.05) is 6.61 Å². The Kier molecular flexibility index (Phi) is 4.76. The van der Waals surface area contributed by atoms with Crippen LogP contribution in [0.3, 0.4) is 0 Å². The van der Waals surface area contributed by atoms with Gasteiger partial charge in [0, 0.05) is 4.88 Å². The molecular weight excluding hydrogens is 310 g/mol. The summed E-state index contributed by atoms with van der Waals surface area (Å²) in [5, 5.41) is 4.93. The van der Waals surface area contributed by atoms with Gasteiger partial charge in [-0.1, -0.05) is 43.3 Å². The maximum atomic E-state index is 12.2. The summed E-state index contributed by atoms with van der Waals surface area (Å²) in [6, 6.07) is 13.5. The van der Waals surface area contributed by atoms with Crippen LogP contribution in [0.5, 0.6) is 0 Å². The maximum absolute atomic E-state index is 12.2. The summed E-state index contributed by atoms with van der Waals surface area (Å²) in [5.74, 6) is -0.187. The van der Waals surface area contributed by atoms with Gasteiger partial charge in [-0.25, -0.2) is 0 Å². The standard InChI is InChI=1S/C18H19NO3S/c1-12-10-14(12)18(21)22-11-16(20)19-17(15-8-5-9-23-15)13-6-3-2-4-7-13/h2-9,12,14,17H,10-11H2,1H3,(H,19,20)/t12-,14-,17+/m1/s1. The number of thiophene rings is 1. The molecule has 0 unspecified atom stereocenters. The molecule has 0 spiro atoms. The summed E-state index contributed by atoms with van der Waals surface area (Å²) in [7, 11) is 0. The number of amides is 1. The van der Waals surface area contributed by atoms with E-state index >= 15 is 0 Å². The molecular formula is C18H19NO3S. The normalized spacial score (nSPS) is 20.6. The number of esters is 1. The lowest BCUT2D eigenvalue weighted by molar-refractivity contribution is -0.150. The van der Waals surface area contributed by atoms with E-state index in [0.717, 1.165) is 16.9 Å². The highest BCUT2D eigenvalue weighted by Gasteiger charge is 2.40. The van der Waals surface area contributed by atoms with Crippen LogP contribution in [0.1, 0.15) is 29.8 Å². The van der Waals surface area contributed by atoms with E-state index in [1.54, 1.807) is 11.3 Å². The van der Waals surface area contributed by atoms with Gasteiger partial charge in [-0.15, -0.1) is 11.3 Å². The molecule has 5 heteroatoms. The average Bonchev–Trinajstić information content (AvgIpc) is 3.07. The first-order valence-electron chi connectivity index (χ1n) is 7.69. The third-order valence-electron chi connectivity index (χ3n) is 4.02. The minimum absolute atomic E-state index is 0.0231. The van der Waals surface area contributed by atoms with E-state index in [0.29, 0.717) is 5.92 Å². The second-order valence-corrected chi connectivity index (χ2v) is 6.83. The van der Waals surface area contributed by atoms with Crippen molar-refractivity contribution < 1.29 is 14.3 Å². The predicted octanol–water partition coefficient (Wildman–Crippen LogP) is 3.15. The molecule has 3 rings (SSSR count). The molecule has 0 bridgehead atoms. The van der Waals surface area contributed by atoms with Gasteiger partial charge in [0.05, 0.1) is 12.0 Å². The van der Waals surface area contributed by atoms with Crippen molar-refractivity contribution in [3.63, 3.8) is 0 Å². The zero-order valence-corrected chi connectivity index (χ0v) is 13.7. The van der Waals surface area contributed by atoms with Gasteiger partial charge in [0.1, 0.15) is 0 Å². The molecule has 1 saturated carbocycles. The van der Waals surface area contributed by atoms with Gasteiger partial charge in [0.15, 0.2) is 6.61 Å². The number of rotatable bonds is 6. The van der Waals surface area contributed by atoms with Crippen LogP contribution >= 0.6 is 11.3 Å². The van der Waals surface area contributed by atoms with Crippen molar-refractivity contribution in [2.24, 2.45) is 11.8 Å². The number of hydrogen-bond acceptors (Lipinski definition) is 4. The number of nitrogens with one attached hydrogen (secondary N) is 1. The Morgan fingerprint density at radius 3 is 2.61 bits per heavy atom. The van der Waals surface area contributed by atoms with Crippen molar-refractivity contribution in [1.29, 1.82) is 0 Å². The van der Waals surface area contributed by atoms with Crippen molar-refractivity contribution in [1.82, 2.24) is 5.32 Å². The van der Waals surface area contributed by atoms with E-state index in [9.17, 15) is 9.59 Å². The van der Waals surface area contributed by atoms with Gasteiger partial charge in [-0.3, -0.25) is 9.59 Å². The highest BCUT2D eigenvalue weighted by atomic mass is 32.1. The molecule has 3 atom stereocenters. The Labute approximate surface area is 139 Å². The van der Waals surface area contributed by atoms with E-state index in [-0.39, 0.29) is 30.4 Å². The molecule has 1 aliphatic rings. The van der Waals surface area contributed by atoms with Crippen LogP contribution in [0.25, 0.3) is 0 Å². The Morgan fingerprint density at radius 1 is 1.26 bits per heavy atom. The van der Waals surface area contributed by atoms with E-state index in [1.807, 2.05) is 54.8 Å². The molecule has 1 heterocycles. The monoisotopic (exact) mass is 329 g/mol. The highest BCUT2D eigenvalue weighted by Crippen LogP contribution is 2.38. The van der Waals surface area contributed by atoms with Crippen molar-refractivity contribution in [3.05, 3.63) is 58.3 Å². The number of hydrogen-bond donors (Lipinski definition) is 1. The lowest BCUT2D eigenvalue weighted by Gasteiger charge is -2.18. The number of carbonyl (C=O) groups excluding carboxylic acids is 2. The molecule has 1 aromatic heterocycles. The molecule has 0 radical (unpaired) electrons. The van der Waals surface area contributed by atoms with Gasteiger partial charge < -0.3 is 10.1 Å². The molecule has 1 fully saturated rings. The van der Waals surface area contributed by atoms with Gasteiger partial charge in [0.2, 0.25) is 0 Å². The summed E-state index contributed by atoms with van der Waals surface area (Å²) in [4.78, 5) is 24.9. The fourth-order valence-corrected chi connectivity index (χ4v) is 3.32. The van der Waals surface area contributed by atoms with Crippen LogP contribution in [0.4, 0.5) is 0 Å². The maximum Gasteiger partial charge on any atom is 0.309 e. The first-order chi connectivity index (χ1) is 11.1. The van der Waals surface area contributed by atoms with Gasteiger partial charge in [-0.05, 0) is 29.3 Å². The number of ether oxygens (including phenoxy) is 1. The predicted molar refractivity (Wildman–Crippen MR) is 89.0 cm³/mol. The smallest absolute Gasteiger partial charge is 0.309 e. The van der Waals surface area contributed by atoms with Crippen LogP contribution in [0, 0.1) is 11.8 Å². The van der Waals surface area contributed by atoms with Crippen molar-refractivity contribution >= 4 is 23.2 Å². The first-order valence-corrected chi connectivity index (χ1v) is 8.57. The molecule has 23 heavy (non-hydrogen) atoms.